The molecule has 0 aliphatic rings. The second-order valence-corrected chi connectivity index (χ2v) is 5.79. The van der Waals surface area contributed by atoms with Crippen LogP contribution in [0.15, 0.2) is 30.5 Å². The first kappa shape index (κ1) is 17.7. The van der Waals surface area contributed by atoms with Crippen molar-refractivity contribution < 1.29 is 14.3 Å². The van der Waals surface area contributed by atoms with Gasteiger partial charge in [-0.1, -0.05) is 0 Å². The molecule has 1 amide bonds. The van der Waals surface area contributed by atoms with Crippen molar-refractivity contribution in [1.82, 2.24) is 14.8 Å². The molecule has 2 heterocycles. The maximum Gasteiger partial charge on any atom is 0.255 e. The first-order chi connectivity index (χ1) is 12.5. The van der Waals surface area contributed by atoms with Gasteiger partial charge in [0.2, 0.25) is 0 Å². The largest absolute Gasteiger partial charge is 0.490 e. The Morgan fingerprint density at radius 3 is 2.62 bits per heavy atom. The number of hydrogen-bond acceptors (Lipinski definition) is 5. The third kappa shape index (κ3) is 3.46. The summed E-state index contributed by atoms with van der Waals surface area (Å²) in [5.74, 6) is 0.940. The number of aryl methyl sites for hydroxylation is 2. The van der Waals surface area contributed by atoms with Crippen LogP contribution in [0.3, 0.4) is 0 Å². The van der Waals surface area contributed by atoms with E-state index in [1.54, 1.807) is 29.1 Å². The Balaban J connectivity index is 1.85. The maximum absolute atomic E-state index is 12.6. The van der Waals surface area contributed by atoms with Crippen molar-refractivity contribution in [2.45, 2.75) is 20.8 Å². The number of pyridine rings is 1. The number of aromatic nitrogens is 3. The Hall–Kier alpha value is -3.09. The lowest BCUT2D eigenvalue weighted by Gasteiger charge is -2.12. The second-order valence-electron chi connectivity index (χ2n) is 5.79. The van der Waals surface area contributed by atoms with Gasteiger partial charge in [-0.25, -0.2) is 4.98 Å². The van der Waals surface area contributed by atoms with Gasteiger partial charge in [0.05, 0.1) is 30.8 Å². The summed E-state index contributed by atoms with van der Waals surface area (Å²) in [6.45, 7) is 6.73. The minimum atomic E-state index is -0.239. The molecule has 3 aromatic rings. The van der Waals surface area contributed by atoms with Gasteiger partial charge in [-0.15, -0.1) is 0 Å². The molecule has 0 radical (unpaired) electrons. The van der Waals surface area contributed by atoms with E-state index in [4.69, 9.17) is 9.47 Å². The predicted molar refractivity (Wildman–Crippen MR) is 100.0 cm³/mol. The van der Waals surface area contributed by atoms with Gasteiger partial charge < -0.3 is 14.8 Å². The monoisotopic (exact) mass is 354 g/mol. The summed E-state index contributed by atoms with van der Waals surface area (Å²) in [5, 5.41) is 8.12. The third-order valence-electron chi connectivity index (χ3n) is 3.93. The molecule has 3 rings (SSSR count). The quantitative estimate of drug-likeness (QED) is 0.735. The highest BCUT2D eigenvalue weighted by Gasteiger charge is 2.13. The smallest absolute Gasteiger partial charge is 0.255 e. The summed E-state index contributed by atoms with van der Waals surface area (Å²) < 4.78 is 12.8. The van der Waals surface area contributed by atoms with Gasteiger partial charge >= 0.3 is 0 Å². The van der Waals surface area contributed by atoms with Crippen molar-refractivity contribution in [2.75, 3.05) is 18.5 Å². The minimum absolute atomic E-state index is 0.239. The van der Waals surface area contributed by atoms with Crippen LogP contribution in [0.25, 0.3) is 11.0 Å². The molecular weight excluding hydrogens is 332 g/mol. The van der Waals surface area contributed by atoms with Crippen molar-refractivity contribution in [3.05, 3.63) is 41.7 Å². The summed E-state index contributed by atoms with van der Waals surface area (Å²) in [6.07, 6.45) is 1.62. The van der Waals surface area contributed by atoms with Crippen LogP contribution in [-0.2, 0) is 7.05 Å². The van der Waals surface area contributed by atoms with Crippen LogP contribution >= 0.6 is 0 Å². The molecule has 0 atom stereocenters. The molecule has 0 aliphatic carbocycles. The minimum Gasteiger partial charge on any atom is -0.490 e. The standard InChI is InChI=1S/C19H22N4O3/c1-5-25-16-8-7-13(9-17(16)26-6-2)19(24)21-14-10-15-12(3)22-23(4)18(15)20-11-14/h7-11H,5-6H2,1-4H3,(H,21,24). The van der Waals surface area contributed by atoms with Gasteiger partial charge in [-0.05, 0) is 45.0 Å². The van der Waals surface area contributed by atoms with Gasteiger partial charge in [0.15, 0.2) is 17.1 Å². The number of amides is 1. The van der Waals surface area contributed by atoms with Crippen LogP contribution in [0.1, 0.15) is 29.9 Å². The fourth-order valence-electron chi connectivity index (χ4n) is 2.77. The topological polar surface area (TPSA) is 78.3 Å². The molecule has 0 bridgehead atoms. The van der Waals surface area contributed by atoms with Gasteiger partial charge in [0.1, 0.15) is 0 Å². The van der Waals surface area contributed by atoms with Gasteiger partial charge in [0.25, 0.3) is 5.91 Å². The molecule has 1 N–H and O–H groups in total. The van der Waals surface area contributed by atoms with E-state index in [0.29, 0.717) is 36.0 Å². The zero-order valence-electron chi connectivity index (χ0n) is 15.4. The molecule has 136 valence electrons. The molecule has 2 aromatic heterocycles. The Kier molecular flexibility index (Phi) is 5.06. The SMILES string of the molecule is CCOc1ccc(C(=O)Nc2cnc3c(c2)c(C)nn3C)cc1OCC. The molecule has 26 heavy (non-hydrogen) atoms. The van der Waals surface area contributed by atoms with E-state index in [1.807, 2.05) is 33.9 Å². The van der Waals surface area contributed by atoms with Gasteiger partial charge in [-0.3, -0.25) is 9.48 Å². The van der Waals surface area contributed by atoms with Crippen molar-refractivity contribution in [2.24, 2.45) is 7.05 Å². The van der Waals surface area contributed by atoms with Crippen molar-refractivity contribution in [1.29, 1.82) is 0 Å². The summed E-state index contributed by atoms with van der Waals surface area (Å²) >= 11 is 0. The molecule has 0 fully saturated rings. The van der Waals surface area contributed by atoms with Gasteiger partial charge in [0, 0.05) is 18.0 Å². The van der Waals surface area contributed by atoms with Crippen LogP contribution in [0.4, 0.5) is 5.69 Å². The summed E-state index contributed by atoms with van der Waals surface area (Å²) in [4.78, 5) is 17.0. The zero-order chi connectivity index (χ0) is 18.7. The van der Waals surface area contributed by atoms with E-state index in [2.05, 4.69) is 15.4 Å². The molecule has 7 nitrogen and oxygen atoms in total. The highest BCUT2D eigenvalue weighted by Crippen LogP contribution is 2.29. The van der Waals surface area contributed by atoms with Crippen molar-refractivity contribution in [3.63, 3.8) is 0 Å². The number of anilines is 1. The first-order valence-electron chi connectivity index (χ1n) is 8.53. The molecule has 0 aliphatic heterocycles. The number of fused-ring (bicyclic) bond motifs is 1. The average Bonchev–Trinajstić information content (AvgIpc) is 2.90. The van der Waals surface area contributed by atoms with Gasteiger partial charge in [-0.2, -0.15) is 5.10 Å². The predicted octanol–water partition coefficient (Wildman–Crippen LogP) is 3.33. The lowest BCUT2D eigenvalue weighted by molar-refractivity contribution is 0.102. The number of nitrogens with one attached hydrogen (secondary N) is 1. The summed E-state index contributed by atoms with van der Waals surface area (Å²) in [6, 6.07) is 7.02. The van der Waals surface area contributed by atoms with Crippen molar-refractivity contribution >= 4 is 22.6 Å². The normalized spacial score (nSPS) is 10.8. The molecule has 0 saturated heterocycles. The fourth-order valence-corrected chi connectivity index (χ4v) is 2.77. The van der Waals surface area contributed by atoms with E-state index in [-0.39, 0.29) is 5.91 Å². The Morgan fingerprint density at radius 2 is 1.88 bits per heavy atom. The van der Waals surface area contributed by atoms with Crippen LogP contribution in [0.2, 0.25) is 0 Å². The number of nitrogens with zero attached hydrogens (tertiary/aromatic N) is 3. The highest BCUT2D eigenvalue weighted by atomic mass is 16.5. The Bertz CT molecular complexity index is 949. The number of rotatable bonds is 6. The number of carbonyl (C=O) groups excluding carboxylic acids is 1. The summed E-state index contributed by atoms with van der Waals surface area (Å²) in [7, 11) is 1.84. The molecule has 0 spiro atoms. The first-order valence-corrected chi connectivity index (χ1v) is 8.53. The van der Waals surface area contributed by atoms with E-state index in [0.717, 1.165) is 16.7 Å². The van der Waals surface area contributed by atoms with E-state index < -0.39 is 0 Å². The molecular formula is C19H22N4O3. The Morgan fingerprint density at radius 1 is 1.15 bits per heavy atom. The van der Waals surface area contributed by atoms with Crippen molar-refractivity contribution in [3.8, 4) is 11.5 Å². The fraction of sp³-hybridized carbons (Fsp3) is 0.316. The molecule has 0 saturated carbocycles. The highest BCUT2D eigenvalue weighted by molar-refractivity contribution is 6.05. The maximum atomic E-state index is 12.6. The average molecular weight is 354 g/mol. The van der Waals surface area contributed by atoms with Crippen LogP contribution in [0, 0.1) is 6.92 Å². The van der Waals surface area contributed by atoms with Crippen LogP contribution < -0.4 is 14.8 Å². The lowest BCUT2D eigenvalue weighted by Crippen LogP contribution is -2.12. The second kappa shape index (κ2) is 7.43. The molecule has 1 aromatic carbocycles. The number of benzene rings is 1. The number of ether oxygens (including phenoxy) is 2. The lowest BCUT2D eigenvalue weighted by atomic mass is 10.1. The van der Waals surface area contributed by atoms with Crippen LogP contribution in [0.5, 0.6) is 11.5 Å². The van der Waals surface area contributed by atoms with E-state index in [9.17, 15) is 4.79 Å². The number of carbonyl (C=O) groups is 1. The summed E-state index contributed by atoms with van der Waals surface area (Å²) in [5.41, 5.74) is 2.75. The van der Waals surface area contributed by atoms with Crippen LogP contribution in [-0.4, -0.2) is 33.9 Å². The third-order valence-corrected chi connectivity index (χ3v) is 3.93. The zero-order valence-corrected chi connectivity index (χ0v) is 15.4. The molecule has 7 heteroatoms. The number of hydrogen-bond donors (Lipinski definition) is 1. The van der Waals surface area contributed by atoms with E-state index in [1.165, 1.54) is 0 Å². The molecule has 0 unspecified atom stereocenters. The van der Waals surface area contributed by atoms with E-state index >= 15 is 0 Å². The Labute approximate surface area is 151 Å².